The summed E-state index contributed by atoms with van der Waals surface area (Å²) in [7, 11) is 1.15. The number of hydrogen-bond donors (Lipinski definition) is 1. The highest BCUT2D eigenvalue weighted by atomic mass is 16.6. The van der Waals surface area contributed by atoms with Gasteiger partial charge in [-0.15, -0.1) is 0 Å². The number of carbonyl (C=O) groups excluding carboxylic acids is 5. The van der Waals surface area contributed by atoms with E-state index in [9.17, 15) is 24.0 Å². The first-order valence-corrected chi connectivity index (χ1v) is 10.5. The Bertz CT molecular complexity index is 757. The van der Waals surface area contributed by atoms with Crippen LogP contribution in [-0.4, -0.2) is 77.1 Å². The third-order valence-electron chi connectivity index (χ3n) is 5.02. The molecule has 0 aromatic rings. The summed E-state index contributed by atoms with van der Waals surface area (Å²) in [5.74, 6) is -3.10. The molecule has 0 unspecified atom stereocenters. The molecule has 3 atom stereocenters. The summed E-state index contributed by atoms with van der Waals surface area (Å²) in [5.41, 5.74) is -0.971. The number of ketones is 2. The number of cyclic esters (lactones) is 1. The van der Waals surface area contributed by atoms with Crippen LogP contribution < -0.4 is 0 Å². The molecule has 1 heterocycles. The maximum Gasteiger partial charge on any atom is 0.417 e. The third-order valence-corrected chi connectivity index (χ3v) is 5.02. The Morgan fingerprint density at radius 2 is 1.78 bits per heavy atom. The molecule has 10 heteroatoms. The number of imide groups is 1. The molecule has 32 heavy (non-hydrogen) atoms. The number of esters is 1. The van der Waals surface area contributed by atoms with Crippen molar-refractivity contribution < 1.29 is 43.3 Å². The molecule has 0 aromatic heterocycles. The van der Waals surface area contributed by atoms with Crippen molar-refractivity contribution in [2.75, 3.05) is 13.7 Å². The Kier molecular flexibility index (Phi) is 10.2. The quantitative estimate of drug-likeness (QED) is 0.264. The number of unbranched alkanes of at least 4 members (excludes halogenated alkanes) is 1. The smallest absolute Gasteiger partial charge is 0.417 e. The zero-order valence-corrected chi connectivity index (χ0v) is 19.5. The summed E-state index contributed by atoms with van der Waals surface area (Å²) >= 11 is 0. The number of ether oxygens (including phenoxy) is 3. The molecule has 2 amide bonds. The Balaban J connectivity index is 3.16. The fourth-order valence-corrected chi connectivity index (χ4v) is 3.79. The maximum atomic E-state index is 13.3. The summed E-state index contributed by atoms with van der Waals surface area (Å²) < 4.78 is 15.6. The van der Waals surface area contributed by atoms with Crippen molar-refractivity contribution in [2.45, 2.75) is 77.7 Å². The van der Waals surface area contributed by atoms with Gasteiger partial charge in [0, 0.05) is 27.1 Å². The average molecular weight is 456 g/mol. The fourth-order valence-electron chi connectivity index (χ4n) is 3.79. The first-order chi connectivity index (χ1) is 14.9. The number of aliphatic hydroxyl groups is 1. The van der Waals surface area contributed by atoms with Crippen molar-refractivity contribution in [3.8, 4) is 0 Å². The number of allylic oxidation sites excluding steroid dienone is 1. The highest BCUT2D eigenvalue weighted by Gasteiger charge is 2.54. The lowest BCUT2D eigenvalue weighted by molar-refractivity contribution is -0.166. The lowest BCUT2D eigenvalue weighted by atomic mass is 9.88. The lowest BCUT2D eigenvalue weighted by Crippen LogP contribution is -2.55. The van der Waals surface area contributed by atoms with Crippen LogP contribution in [0.15, 0.2) is 12.2 Å². The van der Waals surface area contributed by atoms with Crippen LogP contribution >= 0.6 is 0 Å². The summed E-state index contributed by atoms with van der Waals surface area (Å²) in [6, 6.07) is -0.642. The monoisotopic (exact) mass is 455 g/mol. The largest absolute Gasteiger partial charge is 0.451 e. The molecule has 0 aromatic carbocycles. The molecule has 180 valence electrons. The van der Waals surface area contributed by atoms with Crippen LogP contribution in [-0.2, 0) is 33.4 Å². The lowest BCUT2D eigenvalue weighted by Gasteiger charge is -2.33. The number of nitrogens with zero attached hydrogens (tertiary/aromatic N) is 1. The molecule has 0 bridgehead atoms. The summed E-state index contributed by atoms with van der Waals surface area (Å²) in [5, 5.41) is 8.77. The number of aliphatic hydroxyl groups excluding tert-OH is 1. The summed E-state index contributed by atoms with van der Waals surface area (Å²) in [4.78, 5) is 62.9. The Morgan fingerprint density at radius 3 is 2.28 bits per heavy atom. The molecule has 1 N–H and O–H groups in total. The van der Waals surface area contributed by atoms with Crippen molar-refractivity contribution in [3.63, 3.8) is 0 Å². The molecule has 1 aliphatic heterocycles. The predicted octanol–water partition coefficient (Wildman–Crippen LogP) is 1.57. The number of carbonyl (C=O) groups is 5. The summed E-state index contributed by atoms with van der Waals surface area (Å²) in [6.45, 7) is 7.99. The SMILES string of the molecule is CO[C@@H](C(=O)N1C(=O)OC(C)(C)[C@H]1C(C)C)[C@@H](OC(C)=O)C(=O)C=CC(=O)CCCCO. The van der Waals surface area contributed by atoms with Crippen LogP contribution in [0.25, 0.3) is 0 Å². The van der Waals surface area contributed by atoms with Gasteiger partial charge in [-0.2, -0.15) is 0 Å². The Hall–Kier alpha value is -2.59. The van der Waals surface area contributed by atoms with Crippen LogP contribution in [0.1, 0.15) is 53.9 Å². The van der Waals surface area contributed by atoms with Gasteiger partial charge in [0.1, 0.15) is 5.60 Å². The number of amides is 2. The van der Waals surface area contributed by atoms with Gasteiger partial charge in [0.25, 0.3) is 5.91 Å². The van der Waals surface area contributed by atoms with Crippen LogP contribution in [0.4, 0.5) is 4.79 Å². The predicted molar refractivity (Wildman–Crippen MR) is 112 cm³/mol. The van der Waals surface area contributed by atoms with Crippen LogP contribution in [0.3, 0.4) is 0 Å². The second kappa shape index (κ2) is 11.9. The van der Waals surface area contributed by atoms with Crippen molar-refractivity contribution in [1.29, 1.82) is 0 Å². The van der Waals surface area contributed by atoms with E-state index in [0.29, 0.717) is 12.8 Å². The van der Waals surface area contributed by atoms with Gasteiger partial charge in [0.15, 0.2) is 23.8 Å². The van der Waals surface area contributed by atoms with E-state index in [1.165, 1.54) is 0 Å². The molecule has 10 nitrogen and oxygen atoms in total. The van der Waals surface area contributed by atoms with Crippen LogP contribution in [0.2, 0.25) is 0 Å². The normalized spacial score (nSPS) is 19.7. The fraction of sp³-hybridized carbons (Fsp3) is 0.682. The second-order valence-corrected chi connectivity index (χ2v) is 8.44. The molecule has 1 aliphatic rings. The Labute approximate surface area is 187 Å². The molecule has 0 radical (unpaired) electrons. The standard InChI is InChI=1S/C22H33NO9/c1-13(2)19-22(4,5)32-21(29)23(19)20(28)18(30-6)17(31-14(3)25)16(27)11-10-15(26)9-7-8-12-24/h10-11,13,17-19,24H,7-9,12H2,1-6H3/t17-,18+,19+/m0/s1. The van der Waals surface area contributed by atoms with E-state index in [4.69, 9.17) is 19.3 Å². The van der Waals surface area contributed by atoms with Gasteiger partial charge in [0.2, 0.25) is 0 Å². The summed E-state index contributed by atoms with van der Waals surface area (Å²) in [6.07, 6.45) is -1.24. The number of rotatable bonds is 12. The minimum Gasteiger partial charge on any atom is -0.451 e. The minimum absolute atomic E-state index is 0.0464. The molecule has 1 rings (SSSR count). The number of hydrogen-bond acceptors (Lipinski definition) is 9. The minimum atomic E-state index is -1.70. The van der Waals surface area contributed by atoms with Gasteiger partial charge in [-0.3, -0.25) is 19.2 Å². The van der Waals surface area contributed by atoms with E-state index in [-0.39, 0.29) is 24.7 Å². The highest BCUT2D eigenvalue weighted by Crippen LogP contribution is 2.35. The van der Waals surface area contributed by atoms with Gasteiger partial charge in [-0.25, -0.2) is 9.69 Å². The van der Waals surface area contributed by atoms with E-state index in [2.05, 4.69) is 0 Å². The van der Waals surface area contributed by atoms with Crippen molar-refractivity contribution >= 4 is 29.5 Å². The molecular weight excluding hydrogens is 422 g/mol. The number of methoxy groups -OCH3 is 1. The third kappa shape index (κ3) is 6.96. The van der Waals surface area contributed by atoms with E-state index in [1.807, 2.05) is 13.8 Å². The van der Waals surface area contributed by atoms with Crippen LogP contribution in [0.5, 0.6) is 0 Å². The van der Waals surface area contributed by atoms with Gasteiger partial charge < -0.3 is 19.3 Å². The van der Waals surface area contributed by atoms with E-state index in [0.717, 1.165) is 31.1 Å². The van der Waals surface area contributed by atoms with Gasteiger partial charge in [0.05, 0.1) is 6.04 Å². The first kappa shape index (κ1) is 27.4. The molecule has 0 saturated carbocycles. The first-order valence-electron chi connectivity index (χ1n) is 10.5. The van der Waals surface area contributed by atoms with E-state index < -0.39 is 47.6 Å². The van der Waals surface area contributed by atoms with E-state index in [1.54, 1.807) is 13.8 Å². The average Bonchev–Trinajstić information content (AvgIpc) is 2.93. The molecule has 1 fully saturated rings. The second-order valence-electron chi connectivity index (χ2n) is 8.44. The molecule has 0 aliphatic carbocycles. The molecule has 1 saturated heterocycles. The van der Waals surface area contributed by atoms with Crippen LogP contribution in [0, 0.1) is 5.92 Å². The van der Waals surface area contributed by atoms with Crippen molar-refractivity contribution in [3.05, 3.63) is 12.2 Å². The van der Waals surface area contributed by atoms with Crippen molar-refractivity contribution in [2.24, 2.45) is 5.92 Å². The van der Waals surface area contributed by atoms with Gasteiger partial charge >= 0.3 is 12.1 Å². The van der Waals surface area contributed by atoms with Crippen molar-refractivity contribution in [1.82, 2.24) is 4.90 Å². The van der Waals surface area contributed by atoms with Gasteiger partial charge in [-0.1, -0.05) is 13.8 Å². The van der Waals surface area contributed by atoms with E-state index >= 15 is 0 Å². The maximum absolute atomic E-state index is 13.3. The zero-order chi connectivity index (χ0) is 24.6. The topological polar surface area (TPSA) is 137 Å². The zero-order valence-electron chi connectivity index (χ0n) is 19.5. The Morgan fingerprint density at radius 1 is 1.16 bits per heavy atom. The molecular formula is C22H33NO9. The molecule has 0 spiro atoms. The van der Waals surface area contributed by atoms with Gasteiger partial charge in [-0.05, 0) is 44.8 Å². The highest BCUT2D eigenvalue weighted by molar-refractivity contribution is 6.05.